The number of aromatic amines is 1. The fourth-order valence-electron chi connectivity index (χ4n) is 9.45. The summed E-state index contributed by atoms with van der Waals surface area (Å²) in [5, 5.41) is 15.8. The topological polar surface area (TPSA) is 181 Å². The highest BCUT2D eigenvalue weighted by atomic mass is 32.2. The first-order valence-electron chi connectivity index (χ1n) is 20.6. The number of pyridine rings is 1. The van der Waals surface area contributed by atoms with Crippen LogP contribution in [0.4, 0.5) is 17.1 Å². The molecule has 322 valence electrons. The van der Waals surface area contributed by atoms with Gasteiger partial charge in [0, 0.05) is 66.5 Å². The quantitative estimate of drug-likeness (QED) is 0.0798. The van der Waals surface area contributed by atoms with Gasteiger partial charge in [-0.1, -0.05) is 38.1 Å². The van der Waals surface area contributed by atoms with E-state index in [0.717, 1.165) is 49.6 Å². The summed E-state index contributed by atoms with van der Waals surface area (Å²) in [6.45, 7) is 8.84. The highest BCUT2D eigenvalue weighted by Crippen LogP contribution is 2.54. The van der Waals surface area contributed by atoms with Gasteiger partial charge >= 0.3 is 0 Å². The van der Waals surface area contributed by atoms with Gasteiger partial charge in [-0.15, -0.1) is 0 Å². The van der Waals surface area contributed by atoms with Crippen LogP contribution in [0.3, 0.4) is 0 Å². The second-order valence-electron chi connectivity index (χ2n) is 16.8. The number of anilines is 2. The molecule has 17 heteroatoms. The van der Waals surface area contributed by atoms with E-state index in [0.29, 0.717) is 49.2 Å². The van der Waals surface area contributed by atoms with E-state index in [1.165, 1.54) is 42.3 Å². The number of H-pyrrole nitrogens is 1. The number of amides is 1. The Morgan fingerprint density at radius 1 is 1.08 bits per heavy atom. The second kappa shape index (κ2) is 17.3. The molecule has 1 saturated carbocycles. The number of nitro groups is 1. The number of carbonyl (C=O) groups is 1. The predicted octanol–water partition coefficient (Wildman–Crippen LogP) is 7.25. The number of rotatable bonds is 13. The Morgan fingerprint density at radius 3 is 2.67 bits per heavy atom. The number of hydrogen-bond acceptors (Lipinski definition) is 12. The summed E-state index contributed by atoms with van der Waals surface area (Å²) in [6, 6.07) is 22.1. The van der Waals surface area contributed by atoms with Crippen LogP contribution in [0.25, 0.3) is 11.0 Å². The number of sulfonamides is 1. The van der Waals surface area contributed by atoms with Crippen molar-refractivity contribution in [1.29, 1.82) is 0 Å². The highest BCUT2D eigenvalue weighted by molar-refractivity contribution is 7.90. The third-order valence-corrected chi connectivity index (χ3v) is 13.7. The fraction of sp³-hybridized carbons (Fsp3) is 0.409. The minimum Gasteiger partial charge on any atom is -0.455 e. The number of nitro benzene ring substituents is 1. The minimum atomic E-state index is -4.56. The molecule has 3 aromatic carbocycles. The van der Waals surface area contributed by atoms with E-state index >= 15 is 0 Å². The predicted molar refractivity (Wildman–Crippen MR) is 237 cm³/mol. The molecule has 0 bridgehead atoms. The average Bonchev–Trinajstić information content (AvgIpc) is 3.89. The van der Waals surface area contributed by atoms with Gasteiger partial charge in [-0.2, -0.15) is 13.5 Å². The fourth-order valence-corrected chi connectivity index (χ4v) is 10.4. The summed E-state index contributed by atoms with van der Waals surface area (Å²) in [6.07, 6.45) is 7.64. The van der Waals surface area contributed by atoms with Crippen molar-refractivity contribution in [3.05, 3.63) is 112 Å². The SMILES string of the molecule is CC(C)c1ccccc1[C@@H]1CCCN1C1CC2(C1)CN(c1ccc(C(=O)NS(=O)(=O)c3ccc(NC[C@H]4COCCO4)c([N+](=O)[O-])c3)c(Oc3cnc4[nH]ccc4c3)c1)C2.S. The van der Waals surface area contributed by atoms with Crippen molar-refractivity contribution < 1.29 is 32.3 Å². The number of fused-ring (bicyclic) bond motifs is 1. The minimum absolute atomic E-state index is 0. The molecule has 2 atom stereocenters. The number of hydrogen-bond donors (Lipinski definition) is 3. The molecule has 5 heterocycles. The Hall–Kier alpha value is -5.20. The van der Waals surface area contributed by atoms with Crippen molar-refractivity contribution in [3.63, 3.8) is 0 Å². The molecule has 1 amide bonds. The number of nitrogens with zero attached hydrogens (tertiary/aromatic N) is 4. The summed E-state index contributed by atoms with van der Waals surface area (Å²) in [5.74, 6) is 0.0362. The third kappa shape index (κ3) is 8.66. The van der Waals surface area contributed by atoms with E-state index in [9.17, 15) is 23.3 Å². The molecule has 15 nitrogen and oxygen atoms in total. The van der Waals surface area contributed by atoms with Crippen molar-refractivity contribution in [3.8, 4) is 11.5 Å². The largest absolute Gasteiger partial charge is 0.455 e. The molecule has 2 aromatic heterocycles. The monoisotopic (exact) mass is 869 g/mol. The Labute approximate surface area is 361 Å². The van der Waals surface area contributed by atoms with Gasteiger partial charge in [-0.05, 0) is 85.7 Å². The Morgan fingerprint density at radius 2 is 1.90 bits per heavy atom. The Bertz CT molecular complexity index is 2530. The lowest BCUT2D eigenvalue weighted by atomic mass is 9.60. The van der Waals surface area contributed by atoms with Gasteiger partial charge in [0.2, 0.25) is 0 Å². The van der Waals surface area contributed by atoms with Crippen LogP contribution in [0.2, 0.25) is 0 Å². The van der Waals surface area contributed by atoms with Gasteiger partial charge in [-0.25, -0.2) is 18.1 Å². The summed E-state index contributed by atoms with van der Waals surface area (Å²) < 4.78 is 46.7. The maximum Gasteiger partial charge on any atom is 0.293 e. The van der Waals surface area contributed by atoms with Crippen LogP contribution in [0.15, 0.2) is 90.1 Å². The average molecular weight is 870 g/mol. The van der Waals surface area contributed by atoms with Crippen LogP contribution in [-0.2, 0) is 19.5 Å². The van der Waals surface area contributed by atoms with E-state index in [1.807, 2.05) is 6.07 Å². The molecule has 4 aliphatic rings. The van der Waals surface area contributed by atoms with Crippen LogP contribution < -0.4 is 19.7 Å². The zero-order valence-corrected chi connectivity index (χ0v) is 36.0. The van der Waals surface area contributed by atoms with E-state index in [2.05, 4.69) is 67.9 Å². The van der Waals surface area contributed by atoms with Crippen LogP contribution >= 0.6 is 13.5 Å². The van der Waals surface area contributed by atoms with Crippen molar-refractivity contribution in [2.24, 2.45) is 5.41 Å². The van der Waals surface area contributed by atoms with Gasteiger partial charge in [0.15, 0.2) is 0 Å². The molecule has 5 aromatic rings. The molecule has 61 heavy (non-hydrogen) atoms. The maximum absolute atomic E-state index is 13.9. The standard InChI is InChI=1S/C44H49N7O8S.H2S/c1-28(2)35-6-3-4-7-36(35)39-8-5-15-50(39)31-21-44(22-31)26-49(27-44)30-9-11-37(41(19-30)59-32-18-29-13-14-45-42(29)47-23-32)43(52)48-60(55,56)34-10-12-38(40(20-34)51(53)54)46-24-33-25-57-16-17-58-33;/h3-4,6-7,9-14,18-20,23,28,31,33,39,46H,5,8,15-17,21-22,24-27H2,1-2H3,(H,45,47)(H,48,52);1H2/t33-,39-;/m0./s1. The number of ether oxygens (including phenoxy) is 3. The molecule has 3 saturated heterocycles. The highest BCUT2D eigenvalue weighted by Gasteiger charge is 2.55. The van der Waals surface area contributed by atoms with Gasteiger partial charge < -0.3 is 29.4 Å². The number of benzene rings is 3. The molecule has 0 unspecified atom stereocenters. The number of aromatic nitrogens is 2. The number of likely N-dealkylation sites (tertiary alicyclic amines) is 1. The van der Waals surface area contributed by atoms with E-state index in [1.54, 1.807) is 30.5 Å². The first kappa shape index (κ1) is 42.5. The van der Waals surface area contributed by atoms with Crippen LogP contribution in [-0.4, -0.2) is 92.3 Å². The number of carbonyl (C=O) groups excluding carboxylic acids is 1. The lowest BCUT2D eigenvalue weighted by Gasteiger charge is -2.62. The lowest BCUT2D eigenvalue weighted by molar-refractivity contribution is -0.384. The zero-order valence-electron chi connectivity index (χ0n) is 34.1. The van der Waals surface area contributed by atoms with Crippen LogP contribution in [0.1, 0.15) is 73.0 Å². The molecule has 3 N–H and O–H groups in total. The van der Waals surface area contributed by atoms with Crippen molar-refractivity contribution in [1.82, 2.24) is 19.6 Å². The van der Waals surface area contributed by atoms with Gasteiger partial charge in [0.25, 0.3) is 21.6 Å². The Balaban J connectivity index is 0.00000514. The smallest absolute Gasteiger partial charge is 0.293 e. The normalized spacial score (nSPS) is 20.2. The van der Waals surface area contributed by atoms with Gasteiger partial charge in [0.1, 0.15) is 22.8 Å². The molecular weight excluding hydrogens is 819 g/mol. The molecule has 3 aliphatic heterocycles. The van der Waals surface area contributed by atoms with Gasteiger partial charge in [0.05, 0.1) is 47.5 Å². The molecule has 1 spiro atoms. The van der Waals surface area contributed by atoms with Crippen LogP contribution in [0.5, 0.6) is 11.5 Å². The molecule has 4 fully saturated rings. The van der Waals surface area contributed by atoms with Crippen molar-refractivity contribution in [2.75, 3.05) is 56.2 Å². The molecule has 9 rings (SSSR count). The van der Waals surface area contributed by atoms with Crippen molar-refractivity contribution >= 4 is 57.5 Å². The van der Waals surface area contributed by atoms with E-state index in [4.69, 9.17) is 14.2 Å². The molecular formula is C44H51N7O8S2. The summed E-state index contributed by atoms with van der Waals surface area (Å²) in [5.41, 5.74) is 4.26. The van der Waals surface area contributed by atoms with Crippen LogP contribution in [0, 0.1) is 15.5 Å². The van der Waals surface area contributed by atoms with E-state index in [-0.39, 0.29) is 48.6 Å². The first-order chi connectivity index (χ1) is 28.9. The summed E-state index contributed by atoms with van der Waals surface area (Å²) >= 11 is 0. The zero-order chi connectivity index (χ0) is 41.6. The summed E-state index contributed by atoms with van der Waals surface area (Å²) in [7, 11) is -4.56. The Kier molecular flexibility index (Phi) is 12.0. The van der Waals surface area contributed by atoms with Gasteiger partial charge in [-0.3, -0.25) is 19.8 Å². The maximum atomic E-state index is 13.9. The van der Waals surface area contributed by atoms with Crippen molar-refractivity contribution in [2.45, 2.75) is 68.5 Å². The molecule has 1 aliphatic carbocycles. The second-order valence-corrected chi connectivity index (χ2v) is 18.5. The van der Waals surface area contributed by atoms with E-state index < -0.39 is 31.4 Å². The first-order valence-corrected chi connectivity index (χ1v) is 22.1. The number of nitrogens with one attached hydrogen (secondary N) is 3. The molecule has 0 radical (unpaired) electrons. The summed E-state index contributed by atoms with van der Waals surface area (Å²) in [4.78, 5) is 37.3. The lowest BCUT2D eigenvalue weighted by Crippen LogP contribution is -2.66. The third-order valence-electron chi connectivity index (χ3n) is 12.4.